The number of hydrogen-bond donors (Lipinski definition) is 1. The topological polar surface area (TPSA) is 89.2 Å². The van der Waals surface area contributed by atoms with Gasteiger partial charge >= 0.3 is 5.69 Å². The molecule has 0 saturated heterocycles. The number of anilines is 1. The molecule has 2 aromatic carbocycles. The first-order chi connectivity index (χ1) is 14.4. The summed E-state index contributed by atoms with van der Waals surface area (Å²) >= 11 is 0. The van der Waals surface area contributed by atoms with Crippen LogP contribution in [-0.2, 0) is 24.4 Å². The van der Waals surface area contributed by atoms with Gasteiger partial charge in [-0.3, -0.25) is 14.2 Å². The van der Waals surface area contributed by atoms with Crippen LogP contribution in [0.15, 0.2) is 53.3 Å². The van der Waals surface area contributed by atoms with Crippen LogP contribution in [0.5, 0.6) is 0 Å². The molecule has 0 bridgehead atoms. The van der Waals surface area contributed by atoms with Crippen molar-refractivity contribution in [1.29, 1.82) is 0 Å². The summed E-state index contributed by atoms with van der Waals surface area (Å²) in [7, 11) is 0. The predicted octanol–water partition coefficient (Wildman–Crippen LogP) is 1.96. The van der Waals surface area contributed by atoms with E-state index in [-0.39, 0.29) is 24.2 Å². The standard InChI is InChI=1S/C22H23N5O3/c1-15-6-5-8-17(12-15)13-25-10-11-26-20(21(25)29)24-27(22(26)30)14-19(28)23-18-9-4-3-7-16(18)2/h3-9,12H,10-11,13-14H2,1-2H3,(H,23,28). The highest BCUT2D eigenvalue weighted by molar-refractivity contribution is 5.92. The summed E-state index contributed by atoms with van der Waals surface area (Å²) in [6.07, 6.45) is 0. The Kier molecular flexibility index (Phi) is 5.22. The molecule has 1 aliphatic heterocycles. The molecule has 0 atom stereocenters. The lowest BCUT2D eigenvalue weighted by molar-refractivity contribution is -0.117. The average Bonchev–Trinajstić information content (AvgIpc) is 3.02. The van der Waals surface area contributed by atoms with E-state index < -0.39 is 5.69 Å². The predicted molar refractivity (Wildman–Crippen MR) is 112 cm³/mol. The second-order valence-corrected chi connectivity index (χ2v) is 7.49. The van der Waals surface area contributed by atoms with Gasteiger partial charge in [0.05, 0.1) is 0 Å². The minimum atomic E-state index is -0.450. The second-order valence-electron chi connectivity index (χ2n) is 7.49. The fraction of sp³-hybridized carbons (Fsp3) is 0.273. The Morgan fingerprint density at radius 3 is 2.63 bits per heavy atom. The Morgan fingerprint density at radius 1 is 1.07 bits per heavy atom. The highest BCUT2D eigenvalue weighted by Gasteiger charge is 2.30. The lowest BCUT2D eigenvalue weighted by Crippen LogP contribution is -2.42. The molecule has 0 saturated carbocycles. The SMILES string of the molecule is Cc1cccc(CN2CCn3c(nn(CC(=O)Nc4ccccc4C)c3=O)C2=O)c1. The van der Waals surface area contributed by atoms with E-state index in [2.05, 4.69) is 10.4 Å². The zero-order chi connectivity index (χ0) is 21.3. The van der Waals surface area contributed by atoms with Crippen molar-refractivity contribution in [3.8, 4) is 0 Å². The van der Waals surface area contributed by atoms with Crippen LogP contribution in [-0.4, -0.2) is 37.6 Å². The van der Waals surface area contributed by atoms with Crippen LogP contribution in [0.4, 0.5) is 5.69 Å². The third-order valence-corrected chi connectivity index (χ3v) is 5.16. The number of fused-ring (bicyclic) bond motifs is 1. The van der Waals surface area contributed by atoms with Crippen LogP contribution in [0.3, 0.4) is 0 Å². The highest BCUT2D eigenvalue weighted by atomic mass is 16.2. The van der Waals surface area contributed by atoms with E-state index in [1.165, 1.54) is 4.57 Å². The fourth-order valence-electron chi connectivity index (χ4n) is 3.59. The summed E-state index contributed by atoms with van der Waals surface area (Å²) < 4.78 is 2.40. The molecule has 30 heavy (non-hydrogen) atoms. The van der Waals surface area contributed by atoms with Gasteiger partial charge in [0, 0.05) is 25.3 Å². The van der Waals surface area contributed by atoms with Gasteiger partial charge in [0.2, 0.25) is 11.7 Å². The number of aryl methyl sites for hydroxylation is 2. The quantitative estimate of drug-likeness (QED) is 0.703. The van der Waals surface area contributed by atoms with Crippen LogP contribution >= 0.6 is 0 Å². The molecule has 8 nitrogen and oxygen atoms in total. The van der Waals surface area contributed by atoms with Gasteiger partial charge in [0.1, 0.15) is 6.54 Å². The Morgan fingerprint density at radius 2 is 1.87 bits per heavy atom. The molecule has 0 aliphatic carbocycles. The summed E-state index contributed by atoms with van der Waals surface area (Å²) in [5.41, 5.74) is 3.30. The third-order valence-electron chi connectivity index (χ3n) is 5.16. The van der Waals surface area contributed by atoms with Crippen molar-refractivity contribution in [2.24, 2.45) is 0 Å². The van der Waals surface area contributed by atoms with Gasteiger partial charge in [-0.2, -0.15) is 0 Å². The molecule has 3 aromatic rings. The number of amides is 2. The summed E-state index contributed by atoms with van der Waals surface area (Å²) in [6.45, 7) is 4.86. The third kappa shape index (κ3) is 3.89. The van der Waals surface area contributed by atoms with Crippen molar-refractivity contribution >= 4 is 17.5 Å². The van der Waals surface area contributed by atoms with E-state index in [1.54, 1.807) is 11.0 Å². The van der Waals surface area contributed by atoms with E-state index in [1.807, 2.05) is 56.3 Å². The van der Waals surface area contributed by atoms with Gasteiger partial charge < -0.3 is 10.2 Å². The number of carbonyl (C=O) groups is 2. The molecular weight excluding hydrogens is 382 g/mol. The van der Waals surface area contributed by atoms with Crippen molar-refractivity contribution in [2.45, 2.75) is 33.5 Å². The summed E-state index contributed by atoms with van der Waals surface area (Å²) in [5.74, 6) is -0.605. The van der Waals surface area contributed by atoms with Gasteiger partial charge in [-0.05, 0) is 31.0 Å². The van der Waals surface area contributed by atoms with Gasteiger partial charge in [-0.15, -0.1) is 5.10 Å². The van der Waals surface area contributed by atoms with Crippen LogP contribution in [0.2, 0.25) is 0 Å². The van der Waals surface area contributed by atoms with Crippen molar-refractivity contribution in [2.75, 3.05) is 11.9 Å². The number of nitrogens with zero attached hydrogens (tertiary/aromatic N) is 4. The first kappa shape index (κ1) is 19.6. The van der Waals surface area contributed by atoms with Gasteiger partial charge in [0.25, 0.3) is 5.91 Å². The van der Waals surface area contributed by atoms with Crippen LogP contribution in [0.1, 0.15) is 27.3 Å². The first-order valence-electron chi connectivity index (χ1n) is 9.80. The number of para-hydroxylation sites is 1. The number of benzene rings is 2. The maximum absolute atomic E-state index is 12.9. The smallest absolute Gasteiger partial charge is 0.330 e. The molecule has 154 valence electrons. The van der Waals surface area contributed by atoms with Crippen LogP contribution in [0.25, 0.3) is 0 Å². The Labute approximate surface area is 173 Å². The van der Waals surface area contributed by atoms with Crippen molar-refractivity contribution < 1.29 is 9.59 Å². The zero-order valence-electron chi connectivity index (χ0n) is 17.0. The largest absolute Gasteiger partial charge is 0.346 e. The van der Waals surface area contributed by atoms with E-state index >= 15 is 0 Å². The zero-order valence-corrected chi connectivity index (χ0v) is 17.0. The van der Waals surface area contributed by atoms with Gasteiger partial charge in [0.15, 0.2) is 0 Å². The molecule has 0 spiro atoms. The second kappa shape index (κ2) is 7.98. The molecule has 1 N–H and O–H groups in total. The molecule has 2 heterocycles. The maximum atomic E-state index is 12.9. The number of carbonyl (C=O) groups excluding carboxylic acids is 2. The van der Waals surface area contributed by atoms with E-state index in [0.29, 0.717) is 25.3 Å². The first-order valence-corrected chi connectivity index (χ1v) is 9.80. The monoisotopic (exact) mass is 405 g/mol. The summed E-state index contributed by atoms with van der Waals surface area (Å²) in [4.78, 5) is 39.6. The Hall–Kier alpha value is -3.68. The number of aromatic nitrogens is 3. The molecule has 8 heteroatoms. The molecule has 1 aliphatic rings. The molecule has 0 fully saturated rings. The van der Waals surface area contributed by atoms with Crippen LogP contribution in [0, 0.1) is 13.8 Å². The molecule has 4 rings (SSSR count). The molecular formula is C22H23N5O3. The fourth-order valence-corrected chi connectivity index (χ4v) is 3.59. The van der Waals surface area contributed by atoms with Gasteiger partial charge in [-0.25, -0.2) is 9.48 Å². The van der Waals surface area contributed by atoms with E-state index in [4.69, 9.17) is 0 Å². The summed E-state index contributed by atoms with van der Waals surface area (Å²) in [6, 6.07) is 15.3. The Bertz CT molecular complexity index is 1180. The highest BCUT2D eigenvalue weighted by Crippen LogP contribution is 2.15. The number of rotatable bonds is 5. The minimum absolute atomic E-state index is 0.0718. The molecule has 1 aromatic heterocycles. The average molecular weight is 405 g/mol. The van der Waals surface area contributed by atoms with E-state index in [9.17, 15) is 14.4 Å². The lowest BCUT2D eigenvalue weighted by atomic mass is 10.1. The molecule has 2 amide bonds. The van der Waals surface area contributed by atoms with Crippen LogP contribution < -0.4 is 11.0 Å². The maximum Gasteiger partial charge on any atom is 0.346 e. The lowest BCUT2D eigenvalue weighted by Gasteiger charge is -2.26. The Balaban J connectivity index is 1.50. The van der Waals surface area contributed by atoms with Gasteiger partial charge in [-0.1, -0.05) is 48.0 Å². The summed E-state index contributed by atoms with van der Waals surface area (Å²) in [5, 5.41) is 6.94. The minimum Gasteiger partial charge on any atom is -0.330 e. The van der Waals surface area contributed by atoms with Crippen molar-refractivity contribution in [3.05, 3.63) is 81.5 Å². The van der Waals surface area contributed by atoms with Crippen molar-refractivity contribution in [3.63, 3.8) is 0 Å². The molecule has 0 unspecified atom stereocenters. The normalized spacial score (nSPS) is 13.3. The number of nitrogens with one attached hydrogen (secondary N) is 1. The van der Waals surface area contributed by atoms with E-state index in [0.717, 1.165) is 21.4 Å². The molecule has 0 radical (unpaired) electrons. The van der Waals surface area contributed by atoms with Crippen molar-refractivity contribution in [1.82, 2.24) is 19.2 Å². The number of hydrogen-bond acceptors (Lipinski definition) is 4.